The number of rotatable bonds is 22. The summed E-state index contributed by atoms with van der Waals surface area (Å²) in [7, 11) is 0. The molecule has 0 radical (unpaired) electrons. The number of nitrogens with one attached hydrogen (secondary N) is 4. The van der Waals surface area contributed by atoms with Crippen LogP contribution in [-0.2, 0) is 42.4 Å². The van der Waals surface area contributed by atoms with Gasteiger partial charge in [0, 0.05) is 49.4 Å². The number of unbranched alkanes of at least 4 members (excludes halogenated alkanes) is 5. The van der Waals surface area contributed by atoms with Crippen molar-refractivity contribution in [2.75, 3.05) is 18.4 Å². The van der Waals surface area contributed by atoms with Gasteiger partial charge in [-0.1, -0.05) is 86.4 Å². The second kappa shape index (κ2) is 22.6. The van der Waals surface area contributed by atoms with E-state index in [0.717, 1.165) is 92.4 Å². The van der Waals surface area contributed by atoms with Crippen LogP contribution < -0.4 is 26.2 Å². The molecule has 2 aliphatic rings. The Kier molecular flexibility index (Phi) is 16.0. The number of carbonyl (C=O) groups is 5. The molecule has 1 unspecified atom stereocenters. The molecular weight excluding hydrogens is 827 g/mol. The minimum absolute atomic E-state index is 0.167. The van der Waals surface area contributed by atoms with E-state index < -0.39 is 17.9 Å². The molecule has 5 N–H and O–H groups in total. The van der Waals surface area contributed by atoms with Gasteiger partial charge in [0.25, 0.3) is 11.8 Å². The van der Waals surface area contributed by atoms with Gasteiger partial charge < -0.3 is 25.2 Å². The SMILES string of the molecule is CCCCN(Cc1ccc(C(=O)NO)cc1)C(=O)Nc1ccc(OCn2cc(CCCCCCCNCc3ccc(-c4cccc5c4CN(C4CCC(=O)NC4=O)C5=O)cc3)nn2)cc1. The summed E-state index contributed by atoms with van der Waals surface area (Å²) in [6.45, 7) is 5.28. The lowest BCUT2D eigenvalue weighted by Gasteiger charge is -2.29. The summed E-state index contributed by atoms with van der Waals surface area (Å²) in [5, 5.41) is 26.3. The van der Waals surface area contributed by atoms with Crippen molar-refractivity contribution in [2.45, 2.75) is 104 Å². The van der Waals surface area contributed by atoms with Crippen molar-refractivity contribution in [3.8, 4) is 16.9 Å². The average molecular weight is 884 g/mol. The largest absolute Gasteiger partial charge is 0.471 e. The minimum atomic E-state index is -0.633. The number of imide groups is 1. The highest BCUT2D eigenvalue weighted by Crippen LogP contribution is 2.35. The highest BCUT2D eigenvalue weighted by molar-refractivity contribution is 6.06. The van der Waals surface area contributed by atoms with Gasteiger partial charge in [-0.15, -0.1) is 5.10 Å². The molecule has 340 valence electrons. The van der Waals surface area contributed by atoms with Crippen LogP contribution in [0.1, 0.15) is 108 Å². The summed E-state index contributed by atoms with van der Waals surface area (Å²) in [4.78, 5) is 65.6. The number of ether oxygens (including phenoxy) is 1. The number of amides is 6. The highest BCUT2D eigenvalue weighted by atomic mass is 16.5. The van der Waals surface area contributed by atoms with E-state index in [4.69, 9.17) is 9.94 Å². The highest BCUT2D eigenvalue weighted by Gasteiger charge is 2.39. The smallest absolute Gasteiger partial charge is 0.322 e. The maximum absolute atomic E-state index is 13.2. The van der Waals surface area contributed by atoms with Crippen LogP contribution in [0.3, 0.4) is 0 Å². The molecular formula is C49H57N9O7. The van der Waals surface area contributed by atoms with E-state index in [1.807, 2.05) is 24.4 Å². The number of carbonyl (C=O) groups excluding carboxylic acids is 5. The molecule has 6 amide bonds. The van der Waals surface area contributed by atoms with E-state index in [-0.39, 0.29) is 31.0 Å². The fourth-order valence-electron chi connectivity index (χ4n) is 8.12. The van der Waals surface area contributed by atoms with Gasteiger partial charge in [-0.3, -0.25) is 29.7 Å². The maximum atomic E-state index is 13.2. The van der Waals surface area contributed by atoms with Crippen LogP contribution >= 0.6 is 0 Å². The van der Waals surface area contributed by atoms with E-state index in [2.05, 4.69) is 57.5 Å². The molecule has 16 nitrogen and oxygen atoms in total. The molecule has 5 aromatic rings. The Morgan fingerprint density at radius 3 is 2.37 bits per heavy atom. The first-order chi connectivity index (χ1) is 31.7. The van der Waals surface area contributed by atoms with Gasteiger partial charge in [-0.05, 0) is 109 Å². The monoisotopic (exact) mass is 883 g/mol. The molecule has 1 fully saturated rings. The Morgan fingerprint density at radius 2 is 1.62 bits per heavy atom. The fraction of sp³-hybridized carbons (Fsp3) is 0.367. The first-order valence-corrected chi connectivity index (χ1v) is 22.5. The second-order valence-electron chi connectivity index (χ2n) is 16.5. The molecule has 0 saturated carbocycles. The molecule has 4 aromatic carbocycles. The topological polar surface area (TPSA) is 200 Å². The number of aromatic nitrogens is 3. The first kappa shape index (κ1) is 46.1. The van der Waals surface area contributed by atoms with Gasteiger partial charge in [0.15, 0.2) is 6.73 Å². The standard InChI is InChI=1S/C49H57N9O7/c1-2-3-28-56(30-35-15-19-37(20-16-35)46(60)54-64)49(63)51-38-21-23-40(24-22-38)65-33-57-31-39(53-55-57)10-7-5-4-6-8-27-50-29-34-13-17-36(18-14-34)41-11-9-12-42-43(41)32-58(48(42)62)44-25-26-45(59)52-47(44)61/h9,11-24,31,44,50,64H,2-8,10,25-30,32-33H2,1H3,(H,51,63)(H,54,60)(H,52,59,61). The lowest BCUT2D eigenvalue weighted by atomic mass is 9.96. The van der Waals surface area contributed by atoms with Crippen molar-refractivity contribution in [2.24, 2.45) is 0 Å². The summed E-state index contributed by atoms with van der Waals surface area (Å²) in [5.41, 5.74) is 9.10. The molecule has 1 saturated heterocycles. The maximum Gasteiger partial charge on any atom is 0.322 e. The van der Waals surface area contributed by atoms with Gasteiger partial charge in [-0.2, -0.15) is 0 Å². The van der Waals surface area contributed by atoms with E-state index in [1.54, 1.807) is 68.5 Å². The number of hydroxylamine groups is 1. The third kappa shape index (κ3) is 12.4. The van der Waals surface area contributed by atoms with Crippen molar-refractivity contribution < 1.29 is 33.9 Å². The third-order valence-electron chi connectivity index (χ3n) is 11.8. The molecule has 0 bridgehead atoms. The molecule has 1 atom stereocenters. The summed E-state index contributed by atoms with van der Waals surface area (Å²) < 4.78 is 7.60. The van der Waals surface area contributed by atoms with Crippen molar-refractivity contribution in [3.63, 3.8) is 0 Å². The Morgan fingerprint density at radius 1 is 0.877 bits per heavy atom. The zero-order valence-corrected chi connectivity index (χ0v) is 36.8. The summed E-state index contributed by atoms with van der Waals surface area (Å²) >= 11 is 0. The summed E-state index contributed by atoms with van der Waals surface area (Å²) in [6, 6.07) is 27.2. The Bertz CT molecular complexity index is 2420. The molecule has 16 heteroatoms. The van der Waals surface area contributed by atoms with E-state index in [9.17, 15) is 24.0 Å². The van der Waals surface area contributed by atoms with Crippen molar-refractivity contribution in [1.82, 2.24) is 40.9 Å². The van der Waals surface area contributed by atoms with E-state index in [1.165, 1.54) is 5.56 Å². The van der Waals surface area contributed by atoms with Crippen LogP contribution in [0.15, 0.2) is 97.2 Å². The van der Waals surface area contributed by atoms with Crippen molar-refractivity contribution in [3.05, 3.63) is 131 Å². The molecule has 0 spiro atoms. The third-order valence-corrected chi connectivity index (χ3v) is 11.8. The number of fused-ring (bicyclic) bond motifs is 1. The van der Waals surface area contributed by atoms with Gasteiger partial charge >= 0.3 is 6.03 Å². The van der Waals surface area contributed by atoms with E-state index >= 15 is 0 Å². The second-order valence-corrected chi connectivity index (χ2v) is 16.5. The minimum Gasteiger partial charge on any atom is -0.471 e. The van der Waals surface area contributed by atoms with Crippen LogP contribution in [0.2, 0.25) is 0 Å². The quantitative estimate of drug-likeness (QED) is 0.0209. The van der Waals surface area contributed by atoms with Crippen LogP contribution in [0.5, 0.6) is 5.75 Å². The molecule has 1 aromatic heterocycles. The molecule has 65 heavy (non-hydrogen) atoms. The van der Waals surface area contributed by atoms with Crippen molar-refractivity contribution >= 4 is 35.3 Å². The Hall–Kier alpha value is -6.91. The van der Waals surface area contributed by atoms with E-state index in [0.29, 0.717) is 48.6 Å². The zero-order valence-electron chi connectivity index (χ0n) is 36.8. The number of nitrogens with zero attached hydrogens (tertiary/aromatic N) is 5. The van der Waals surface area contributed by atoms with Gasteiger partial charge in [-0.25, -0.2) is 15.0 Å². The normalized spacial score (nSPS) is 14.5. The number of hydrogen-bond donors (Lipinski definition) is 5. The predicted molar refractivity (Wildman–Crippen MR) is 244 cm³/mol. The van der Waals surface area contributed by atoms with Gasteiger partial charge in [0.05, 0.1) is 11.9 Å². The average Bonchev–Trinajstić information content (AvgIpc) is 3.93. The van der Waals surface area contributed by atoms with Gasteiger partial charge in [0.2, 0.25) is 11.8 Å². The zero-order chi connectivity index (χ0) is 45.5. The number of urea groups is 1. The fourth-order valence-corrected chi connectivity index (χ4v) is 8.12. The lowest BCUT2D eigenvalue weighted by Crippen LogP contribution is -2.52. The predicted octanol–water partition coefficient (Wildman–Crippen LogP) is 6.98. The van der Waals surface area contributed by atoms with Crippen molar-refractivity contribution in [1.29, 1.82) is 0 Å². The van der Waals surface area contributed by atoms with Crippen LogP contribution in [0, 0.1) is 0 Å². The van der Waals surface area contributed by atoms with Gasteiger partial charge in [0.1, 0.15) is 11.8 Å². The molecule has 3 heterocycles. The molecule has 2 aliphatic heterocycles. The first-order valence-electron chi connectivity index (χ1n) is 22.5. The summed E-state index contributed by atoms with van der Waals surface area (Å²) in [5.74, 6) is -0.819. The Labute approximate surface area is 378 Å². The number of benzene rings is 4. The lowest BCUT2D eigenvalue weighted by molar-refractivity contribution is -0.136. The number of anilines is 1. The van der Waals surface area contributed by atoms with Crippen LogP contribution in [-0.4, -0.2) is 78.8 Å². The number of piperidine rings is 1. The number of hydrogen-bond acceptors (Lipinski definition) is 10. The summed E-state index contributed by atoms with van der Waals surface area (Å²) in [6.07, 6.45) is 10.6. The molecule has 7 rings (SSSR count). The number of aryl methyl sites for hydroxylation is 1. The van der Waals surface area contributed by atoms with Crippen LogP contribution in [0.25, 0.3) is 11.1 Å². The molecule has 0 aliphatic carbocycles. The Balaban J connectivity index is 0.754. The van der Waals surface area contributed by atoms with Crippen LogP contribution in [0.4, 0.5) is 10.5 Å².